The molecule has 1 saturated carbocycles. The molecule has 88 valence electrons. The zero-order valence-corrected chi connectivity index (χ0v) is 9.76. The molecule has 0 bridgehead atoms. The number of hydrogen-bond donors (Lipinski definition) is 1. The number of hydrogen-bond acceptors (Lipinski definition) is 3. The smallest absolute Gasteiger partial charge is 0.0806 e. The van der Waals surface area contributed by atoms with E-state index < -0.39 is 0 Å². The normalized spacial score (nSPS) is 29.8. The highest BCUT2D eigenvalue weighted by Crippen LogP contribution is 2.33. The predicted octanol–water partition coefficient (Wildman–Crippen LogP) is 1.57. The molecule has 1 aliphatic carbocycles. The molecule has 1 saturated heterocycles. The maximum atomic E-state index is 6.17. The van der Waals surface area contributed by atoms with Crippen LogP contribution in [-0.4, -0.2) is 39.0 Å². The van der Waals surface area contributed by atoms with Crippen molar-refractivity contribution in [1.29, 1.82) is 0 Å². The lowest BCUT2D eigenvalue weighted by molar-refractivity contribution is -0.0545. The first-order valence-corrected chi connectivity index (χ1v) is 6.21. The Morgan fingerprint density at radius 3 is 2.80 bits per heavy atom. The molecule has 2 aliphatic rings. The van der Waals surface area contributed by atoms with Crippen molar-refractivity contribution in [1.82, 2.24) is 5.32 Å². The standard InChI is InChI=1S/C12H23NO2/c1-13-10-12(5-2-3-6-12)15-9-11-4-7-14-8-11/h11,13H,2-10H2,1H3. The Balaban J connectivity index is 1.78. The van der Waals surface area contributed by atoms with Crippen LogP contribution >= 0.6 is 0 Å². The van der Waals surface area contributed by atoms with Crippen LogP contribution in [0.1, 0.15) is 32.1 Å². The summed E-state index contributed by atoms with van der Waals surface area (Å²) in [4.78, 5) is 0. The van der Waals surface area contributed by atoms with Crippen molar-refractivity contribution in [2.45, 2.75) is 37.7 Å². The summed E-state index contributed by atoms with van der Waals surface area (Å²) in [7, 11) is 2.02. The molecule has 0 aromatic heterocycles. The number of ether oxygens (including phenoxy) is 2. The van der Waals surface area contributed by atoms with Gasteiger partial charge in [-0.15, -0.1) is 0 Å². The second kappa shape index (κ2) is 5.28. The van der Waals surface area contributed by atoms with Gasteiger partial charge in [0.15, 0.2) is 0 Å². The monoisotopic (exact) mass is 213 g/mol. The van der Waals surface area contributed by atoms with Gasteiger partial charge < -0.3 is 14.8 Å². The zero-order chi connectivity index (χ0) is 10.6. The molecule has 1 unspecified atom stereocenters. The quantitative estimate of drug-likeness (QED) is 0.752. The van der Waals surface area contributed by atoms with Crippen molar-refractivity contribution < 1.29 is 9.47 Å². The third-order valence-electron chi connectivity index (χ3n) is 3.66. The maximum absolute atomic E-state index is 6.17. The minimum atomic E-state index is 0.136. The van der Waals surface area contributed by atoms with Crippen LogP contribution in [0.25, 0.3) is 0 Å². The molecule has 1 aliphatic heterocycles. The van der Waals surface area contributed by atoms with Gasteiger partial charge in [0.2, 0.25) is 0 Å². The van der Waals surface area contributed by atoms with Gasteiger partial charge in [0.1, 0.15) is 0 Å². The number of nitrogens with one attached hydrogen (secondary N) is 1. The highest BCUT2D eigenvalue weighted by atomic mass is 16.5. The molecule has 2 rings (SSSR count). The minimum Gasteiger partial charge on any atom is -0.381 e. The summed E-state index contributed by atoms with van der Waals surface area (Å²) in [6, 6.07) is 0. The SMILES string of the molecule is CNCC1(OCC2CCOC2)CCCC1. The Kier molecular flexibility index (Phi) is 4.00. The summed E-state index contributed by atoms with van der Waals surface area (Å²) in [6.45, 7) is 3.71. The van der Waals surface area contributed by atoms with E-state index in [4.69, 9.17) is 9.47 Å². The molecule has 3 nitrogen and oxygen atoms in total. The van der Waals surface area contributed by atoms with Crippen molar-refractivity contribution in [2.24, 2.45) is 5.92 Å². The summed E-state index contributed by atoms with van der Waals surface area (Å²) in [5.74, 6) is 0.638. The fourth-order valence-electron chi connectivity index (χ4n) is 2.72. The van der Waals surface area contributed by atoms with E-state index in [2.05, 4.69) is 5.32 Å². The zero-order valence-electron chi connectivity index (χ0n) is 9.76. The summed E-state index contributed by atoms with van der Waals surface area (Å²) in [6.07, 6.45) is 6.27. The average Bonchev–Trinajstić information content (AvgIpc) is 2.85. The van der Waals surface area contributed by atoms with E-state index in [9.17, 15) is 0 Å². The van der Waals surface area contributed by atoms with Crippen molar-refractivity contribution in [2.75, 3.05) is 33.4 Å². The first-order valence-electron chi connectivity index (χ1n) is 6.21. The summed E-state index contributed by atoms with van der Waals surface area (Å²) >= 11 is 0. The lowest BCUT2D eigenvalue weighted by Crippen LogP contribution is -2.40. The highest BCUT2D eigenvalue weighted by Gasteiger charge is 2.35. The van der Waals surface area contributed by atoms with Gasteiger partial charge in [-0.2, -0.15) is 0 Å². The molecule has 1 N–H and O–H groups in total. The number of rotatable bonds is 5. The van der Waals surface area contributed by atoms with Crippen molar-refractivity contribution in [3.63, 3.8) is 0 Å². The molecule has 3 heteroatoms. The minimum absolute atomic E-state index is 0.136. The second-order valence-electron chi connectivity index (χ2n) is 4.96. The van der Waals surface area contributed by atoms with E-state index in [0.29, 0.717) is 5.92 Å². The van der Waals surface area contributed by atoms with E-state index in [-0.39, 0.29) is 5.60 Å². The molecular weight excluding hydrogens is 190 g/mol. The topological polar surface area (TPSA) is 30.5 Å². The fourth-order valence-corrected chi connectivity index (χ4v) is 2.72. The summed E-state index contributed by atoms with van der Waals surface area (Å²) < 4.78 is 11.5. The first kappa shape index (κ1) is 11.4. The Morgan fingerprint density at radius 1 is 1.40 bits per heavy atom. The van der Waals surface area contributed by atoms with Crippen molar-refractivity contribution in [3.05, 3.63) is 0 Å². The lowest BCUT2D eigenvalue weighted by Gasteiger charge is -2.30. The summed E-state index contributed by atoms with van der Waals surface area (Å²) in [5.41, 5.74) is 0.136. The van der Waals surface area contributed by atoms with Gasteiger partial charge in [0, 0.05) is 19.1 Å². The lowest BCUT2D eigenvalue weighted by atomic mass is 10.0. The third kappa shape index (κ3) is 2.92. The largest absolute Gasteiger partial charge is 0.381 e. The Bertz CT molecular complexity index is 184. The van der Waals surface area contributed by atoms with E-state index in [1.54, 1.807) is 0 Å². The van der Waals surface area contributed by atoms with E-state index in [1.165, 1.54) is 32.1 Å². The maximum Gasteiger partial charge on any atom is 0.0806 e. The van der Waals surface area contributed by atoms with Crippen LogP contribution in [0, 0.1) is 5.92 Å². The third-order valence-corrected chi connectivity index (χ3v) is 3.66. The fraction of sp³-hybridized carbons (Fsp3) is 1.00. The Morgan fingerprint density at radius 2 is 2.20 bits per heavy atom. The molecular formula is C12H23NO2. The molecule has 0 aromatic rings. The molecule has 2 fully saturated rings. The highest BCUT2D eigenvalue weighted by molar-refractivity contribution is 4.88. The van der Waals surface area contributed by atoms with Crippen molar-refractivity contribution in [3.8, 4) is 0 Å². The van der Waals surface area contributed by atoms with Gasteiger partial charge in [-0.05, 0) is 26.3 Å². The number of likely N-dealkylation sites (N-methyl/N-ethyl adjacent to an activating group) is 1. The van der Waals surface area contributed by atoms with E-state index in [0.717, 1.165) is 26.4 Å². The van der Waals surface area contributed by atoms with Crippen LogP contribution in [0.5, 0.6) is 0 Å². The van der Waals surface area contributed by atoms with Crippen LogP contribution in [0.4, 0.5) is 0 Å². The molecule has 0 spiro atoms. The van der Waals surface area contributed by atoms with Crippen LogP contribution in [-0.2, 0) is 9.47 Å². The molecule has 15 heavy (non-hydrogen) atoms. The average molecular weight is 213 g/mol. The second-order valence-corrected chi connectivity index (χ2v) is 4.96. The van der Waals surface area contributed by atoms with Gasteiger partial charge in [0.05, 0.1) is 18.8 Å². The van der Waals surface area contributed by atoms with Crippen LogP contribution in [0.15, 0.2) is 0 Å². The van der Waals surface area contributed by atoms with Gasteiger partial charge in [0.25, 0.3) is 0 Å². The molecule has 1 atom stereocenters. The Hall–Kier alpha value is -0.120. The van der Waals surface area contributed by atoms with Gasteiger partial charge in [-0.1, -0.05) is 12.8 Å². The molecule has 1 heterocycles. The summed E-state index contributed by atoms with van der Waals surface area (Å²) in [5, 5.41) is 3.27. The molecule has 0 radical (unpaired) electrons. The molecule has 0 amide bonds. The van der Waals surface area contributed by atoms with E-state index in [1.807, 2.05) is 7.05 Å². The van der Waals surface area contributed by atoms with Gasteiger partial charge >= 0.3 is 0 Å². The van der Waals surface area contributed by atoms with Gasteiger partial charge in [-0.3, -0.25) is 0 Å². The molecule has 0 aromatic carbocycles. The Labute approximate surface area is 92.5 Å². The van der Waals surface area contributed by atoms with Gasteiger partial charge in [-0.25, -0.2) is 0 Å². The van der Waals surface area contributed by atoms with Crippen LogP contribution in [0.3, 0.4) is 0 Å². The first-order chi connectivity index (χ1) is 7.35. The van der Waals surface area contributed by atoms with Crippen molar-refractivity contribution >= 4 is 0 Å². The van der Waals surface area contributed by atoms with E-state index >= 15 is 0 Å². The van der Waals surface area contributed by atoms with Crippen LogP contribution in [0.2, 0.25) is 0 Å². The predicted molar refractivity (Wildman–Crippen MR) is 60.0 cm³/mol. The van der Waals surface area contributed by atoms with Crippen LogP contribution < -0.4 is 5.32 Å².